The highest BCUT2D eigenvalue weighted by Gasteiger charge is 2.26. The second-order valence-electron chi connectivity index (χ2n) is 6.85. The standard InChI is InChI=1S/C22H23NO3S/c1-17-8-14-21(15-9-17)27(25,26)23-16-22(2,24)20-12-10-19(11-13-20)18-6-4-3-5-7-18/h3-15,23-24H,16H2,1-2H3. The summed E-state index contributed by atoms with van der Waals surface area (Å²) in [7, 11) is -3.68. The van der Waals surface area contributed by atoms with Crippen LogP contribution in [0.25, 0.3) is 11.1 Å². The second-order valence-corrected chi connectivity index (χ2v) is 8.62. The van der Waals surface area contributed by atoms with Crippen molar-refractivity contribution in [2.45, 2.75) is 24.3 Å². The molecular formula is C22H23NO3S. The van der Waals surface area contributed by atoms with E-state index in [1.165, 1.54) is 0 Å². The Morgan fingerprint density at radius 3 is 2.00 bits per heavy atom. The van der Waals surface area contributed by atoms with Crippen molar-refractivity contribution in [2.24, 2.45) is 0 Å². The Bertz CT molecular complexity index is 994. The highest BCUT2D eigenvalue weighted by atomic mass is 32.2. The molecule has 1 unspecified atom stereocenters. The van der Waals surface area contributed by atoms with Gasteiger partial charge in [-0.25, -0.2) is 13.1 Å². The maximum absolute atomic E-state index is 12.4. The first kappa shape index (κ1) is 19.3. The number of aryl methyl sites for hydroxylation is 1. The first-order chi connectivity index (χ1) is 12.8. The van der Waals surface area contributed by atoms with Crippen LogP contribution >= 0.6 is 0 Å². The molecule has 0 aliphatic heterocycles. The van der Waals surface area contributed by atoms with Crippen LogP contribution in [-0.2, 0) is 15.6 Å². The molecule has 0 fully saturated rings. The Labute approximate surface area is 160 Å². The molecule has 0 bridgehead atoms. The van der Waals surface area contributed by atoms with E-state index in [1.807, 2.05) is 61.5 Å². The molecule has 0 saturated carbocycles. The fourth-order valence-corrected chi connectivity index (χ4v) is 3.92. The molecule has 2 N–H and O–H groups in total. The van der Waals surface area contributed by atoms with Gasteiger partial charge < -0.3 is 5.11 Å². The minimum Gasteiger partial charge on any atom is -0.384 e. The zero-order valence-electron chi connectivity index (χ0n) is 15.4. The van der Waals surface area contributed by atoms with E-state index in [2.05, 4.69) is 4.72 Å². The largest absolute Gasteiger partial charge is 0.384 e. The lowest BCUT2D eigenvalue weighted by Gasteiger charge is -2.24. The molecule has 5 heteroatoms. The molecule has 0 heterocycles. The van der Waals surface area contributed by atoms with Crippen molar-refractivity contribution in [1.82, 2.24) is 4.72 Å². The summed E-state index contributed by atoms with van der Waals surface area (Å²) in [6.45, 7) is 3.38. The molecule has 0 saturated heterocycles. The van der Waals surface area contributed by atoms with Crippen LogP contribution in [0.15, 0.2) is 83.8 Å². The third-order valence-electron chi connectivity index (χ3n) is 4.55. The monoisotopic (exact) mass is 381 g/mol. The maximum Gasteiger partial charge on any atom is 0.240 e. The van der Waals surface area contributed by atoms with Crippen LogP contribution in [0.3, 0.4) is 0 Å². The average Bonchev–Trinajstić information content (AvgIpc) is 2.68. The fraction of sp³-hybridized carbons (Fsp3) is 0.182. The van der Waals surface area contributed by atoms with Gasteiger partial charge in [-0.05, 0) is 42.7 Å². The molecular weight excluding hydrogens is 358 g/mol. The van der Waals surface area contributed by atoms with Gasteiger partial charge in [0.05, 0.1) is 4.90 Å². The topological polar surface area (TPSA) is 66.4 Å². The van der Waals surface area contributed by atoms with E-state index in [-0.39, 0.29) is 11.4 Å². The molecule has 0 amide bonds. The summed E-state index contributed by atoms with van der Waals surface area (Å²) in [5, 5.41) is 10.8. The predicted octanol–water partition coefficient (Wildman–Crippen LogP) is 3.85. The third kappa shape index (κ3) is 4.63. The number of sulfonamides is 1. The SMILES string of the molecule is Cc1ccc(S(=O)(=O)NCC(C)(O)c2ccc(-c3ccccc3)cc2)cc1. The highest BCUT2D eigenvalue weighted by molar-refractivity contribution is 7.89. The molecule has 1 atom stereocenters. The summed E-state index contributed by atoms with van der Waals surface area (Å²) in [5.74, 6) is 0. The lowest BCUT2D eigenvalue weighted by Crippen LogP contribution is -2.38. The minimum atomic E-state index is -3.68. The van der Waals surface area contributed by atoms with E-state index < -0.39 is 15.6 Å². The molecule has 4 nitrogen and oxygen atoms in total. The molecule has 0 aliphatic rings. The van der Waals surface area contributed by atoms with Gasteiger partial charge >= 0.3 is 0 Å². The molecule has 3 aromatic carbocycles. The first-order valence-corrected chi connectivity index (χ1v) is 10.2. The summed E-state index contributed by atoms with van der Waals surface area (Å²) in [4.78, 5) is 0.184. The van der Waals surface area contributed by atoms with Gasteiger partial charge in [0, 0.05) is 6.54 Å². The number of hydrogen-bond acceptors (Lipinski definition) is 3. The van der Waals surface area contributed by atoms with Crippen LogP contribution in [0, 0.1) is 6.92 Å². The van der Waals surface area contributed by atoms with Crippen LogP contribution in [0.4, 0.5) is 0 Å². The Hall–Kier alpha value is -2.47. The molecule has 140 valence electrons. The Morgan fingerprint density at radius 2 is 1.41 bits per heavy atom. The molecule has 0 aromatic heterocycles. The van der Waals surface area contributed by atoms with Gasteiger partial charge in [0.25, 0.3) is 0 Å². The van der Waals surface area contributed by atoms with Crippen LogP contribution in [-0.4, -0.2) is 20.1 Å². The van der Waals surface area contributed by atoms with Crippen molar-refractivity contribution in [3.05, 3.63) is 90.0 Å². The van der Waals surface area contributed by atoms with E-state index in [0.29, 0.717) is 5.56 Å². The predicted molar refractivity (Wildman–Crippen MR) is 108 cm³/mol. The Kier molecular flexibility index (Phi) is 5.46. The van der Waals surface area contributed by atoms with Crippen molar-refractivity contribution < 1.29 is 13.5 Å². The maximum atomic E-state index is 12.4. The average molecular weight is 381 g/mol. The second kappa shape index (κ2) is 7.64. The molecule has 0 spiro atoms. The first-order valence-electron chi connectivity index (χ1n) is 8.73. The smallest absolute Gasteiger partial charge is 0.240 e. The lowest BCUT2D eigenvalue weighted by molar-refractivity contribution is 0.0627. The number of hydrogen-bond donors (Lipinski definition) is 2. The van der Waals surface area contributed by atoms with Gasteiger partial charge in [-0.15, -0.1) is 0 Å². The van der Waals surface area contributed by atoms with Crippen molar-refractivity contribution in [3.63, 3.8) is 0 Å². The van der Waals surface area contributed by atoms with Gasteiger partial charge in [0.2, 0.25) is 10.0 Å². The van der Waals surface area contributed by atoms with Gasteiger partial charge in [-0.3, -0.25) is 0 Å². The number of benzene rings is 3. The quantitative estimate of drug-likeness (QED) is 0.682. The fourth-order valence-electron chi connectivity index (χ4n) is 2.79. The van der Waals surface area contributed by atoms with Crippen molar-refractivity contribution in [1.29, 1.82) is 0 Å². The number of aliphatic hydroxyl groups is 1. The zero-order valence-corrected chi connectivity index (χ0v) is 16.2. The van der Waals surface area contributed by atoms with Crippen LogP contribution in [0.1, 0.15) is 18.1 Å². The summed E-state index contributed by atoms with van der Waals surface area (Å²) < 4.78 is 27.4. The summed E-state index contributed by atoms with van der Waals surface area (Å²) in [6, 6.07) is 24.0. The Morgan fingerprint density at radius 1 is 0.852 bits per heavy atom. The van der Waals surface area contributed by atoms with E-state index in [0.717, 1.165) is 16.7 Å². The van der Waals surface area contributed by atoms with E-state index in [1.54, 1.807) is 31.2 Å². The van der Waals surface area contributed by atoms with E-state index >= 15 is 0 Å². The third-order valence-corrected chi connectivity index (χ3v) is 5.97. The Balaban J connectivity index is 1.73. The van der Waals surface area contributed by atoms with Crippen molar-refractivity contribution in [3.8, 4) is 11.1 Å². The molecule has 3 aromatic rings. The van der Waals surface area contributed by atoms with Gasteiger partial charge in [0.1, 0.15) is 5.60 Å². The normalized spacial score (nSPS) is 13.9. The molecule has 27 heavy (non-hydrogen) atoms. The molecule has 0 radical (unpaired) electrons. The van der Waals surface area contributed by atoms with Gasteiger partial charge in [-0.2, -0.15) is 0 Å². The van der Waals surface area contributed by atoms with Crippen LogP contribution in [0.5, 0.6) is 0 Å². The van der Waals surface area contributed by atoms with E-state index in [4.69, 9.17) is 0 Å². The van der Waals surface area contributed by atoms with Gasteiger partial charge in [0.15, 0.2) is 0 Å². The zero-order chi connectivity index (χ0) is 19.5. The summed E-state index contributed by atoms with van der Waals surface area (Å²) >= 11 is 0. The lowest BCUT2D eigenvalue weighted by atomic mass is 9.94. The summed E-state index contributed by atoms with van der Waals surface area (Å²) in [6.07, 6.45) is 0. The van der Waals surface area contributed by atoms with Gasteiger partial charge in [-0.1, -0.05) is 72.3 Å². The van der Waals surface area contributed by atoms with Crippen molar-refractivity contribution in [2.75, 3.05) is 6.54 Å². The number of rotatable bonds is 6. The minimum absolute atomic E-state index is 0.117. The molecule has 0 aliphatic carbocycles. The van der Waals surface area contributed by atoms with Crippen LogP contribution in [0.2, 0.25) is 0 Å². The number of nitrogens with one attached hydrogen (secondary N) is 1. The highest BCUT2D eigenvalue weighted by Crippen LogP contribution is 2.25. The van der Waals surface area contributed by atoms with Crippen LogP contribution < -0.4 is 4.72 Å². The summed E-state index contributed by atoms with van der Waals surface area (Å²) in [5.41, 5.74) is 2.43. The van der Waals surface area contributed by atoms with Crippen molar-refractivity contribution >= 4 is 10.0 Å². The van der Waals surface area contributed by atoms with E-state index in [9.17, 15) is 13.5 Å². The molecule has 3 rings (SSSR count).